The zero-order valence-corrected chi connectivity index (χ0v) is 14.5. The van der Waals surface area contributed by atoms with Gasteiger partial charge >= 0.3 is 0 Å². The minimum atomic E-state index is 0.660. The molecule has 1 nitrogen and oxygen atoms in total. The molecule has 0 saturated heterocycles. The van der Waals surface area contributed by atoms with E-state index in [-0.39, 0.29) is 0 Å². The molecular formula is C19H37N. The molecule has 0 radical (unpaired) electrons. The third kappa shape index (κ3) is 11.3. The first-order valence-corrected chi connectivity index (χ1v) is 8.80. The molecule has 0 amide bonds. The van der Waals surface area contributed by atoms with Crippen molar-refractivity contribution >= 4 is 6.21 Å². The topological polar surface area (TPSA) is 12.4 Å². The molecule has 1 unspecified atom stereocenters. The van der Waals surface area contributed by atoms with Crippen LogP contribution >= 0.6 is 0 Å². The van der Waals surface area contributed by atoms with E-state index in [9.17, 15) is 0 Å². The minimum absolute atomic E-state index is 0.660. The van der Waals surface area contributed by atoms with E-state index in [1.807, 2.05) is 0 Å². The Labute approximate surface area is 128 Å². The largest absolute Gasteiger partial charge is 0.293 e. The molecule has 118 valence electrons. The molecule has 0 rings (SSSR count). The zero-order chi connectivity index (χ0) is 15.2. The summed E-state index contributed by atoms with van der Waals surface area (Å²) in [6.45, 7) is 14.3. The third-order valence-electron chi connectivity index (χ3n) is 3.91. The van der Waals surface area contributed by atoms with Crippen LogP contribution < -0.4 is 0 Å². The van der Waals surface area contributed by atoms with Crippen molar-refractivity contribution < 1.29 is 0 Å². The van der Waals surface area contributed by atoms with Crippen molar-refractivity contribution in [2.24, 2.45) is 16.8 Å². The van der Waals surface area contributed by atoms with Gasteiger partial charge in [-0.1, -0.05) is 72.8 Å². The number of aliphatic imine (C=N–C) groups is 1. The summed E-state index contributed by atoms with van der Waals surface area (Å²) < 4.78 is 0. The highest BCUT2D eigenvalue weighted by Crippen LogP contribution is 2.23. The predicted octanol–water partition coefficient (Wildman–Crippen LogP) is 6.44. The Balaban J connectivity index is 4.10. The van der Waals surface area contributed by atoms with Gasteiger partial charge in [0.2, 0.25) is 0 Å². The maximum Gasteiger partial charge on any atom is 0.0389 e. The Morgan fingerprint density at radius 1 is 0.950 bits per heavy atom. The number of rotatable bonds is 13. The third-order valence-corrected chi connectivity index (χ3v) is 3.91. The molecule has 0 aliphatic rings. The van der Waals surface area contributed by atoms with Crippen LogP contribution in [0.15, 0.2) is 17.1 Å². The smallest absolute Gasteiger partial charge is 0.0389 e. The van der Waals surface area contributed by atoms with Crippen LogP contribution in [-0.4, -0.2) is 12.8 Å². The van der Waals surface area contributed by atoms with E-state index in [0.29, 0.717) is 5.92 Å². The van der Waals surface area contributed by atoms with Crippen molar-refractivity contribution in [2.75, 3.05) is 6.54 Å². The van der Waals surface area contributed by atoms with E-state index in [1.54, 1.807) is 0 Å². The van der Waals surface area contributed by atoms with Gasteiger partial charge in [0, 0.05) is 12.8 Å². The molecule has 0 fully saturated rings. The van der Waals surface area contributed by atoms with Gasteiger partial charge in [-0.15, -0.1) is 0 Å². The van der Waals surface area contributed by atoms with Crippen LogP contribution in [0.25, 0.3) is 0 Å². The van der Waals surface area contributed by atoms with Crippen molar-refractivity contribution in [2.45, 2.75) is 85.5 Å². The van der Waals surface area contributed by atoms with Crippen LogP contribution in [-0.2, 0) is 0 Å². The minimum Gasteiger partial charge on any atom is -0.293 e. The number of unbranched alkanes of at least 4 members (excludes halogenated alkanes) is 3. The Hall–Kier alpha value is -0.590. The van der Waals surface area contributed by atoms with Gasteiger partial charge < -0.3 is 0 Å². The standard InChI is InChI=1S/C19H37N/c1-6-8-13-19(14-11-10-12-17(3)4)18(5)16-20-15-9-7-2/h16-17,19H,5-15H2,1-4H3. The Morgan fingerprint density at radius 2 is 1.55 bits per heavy atom. The van der Waals surface area contributed by atoms with Gasteiger partial charge in [-0.25, -0.2) is 0 Å². The summed E-state index contributed by atoms with van der Waals surface area (Å²) in [6.07, 6.45) is 13.7. The summed E-state index contributed by atoms with van der Waals surface area (Å²) in [5.74, 6) is 1.50. The summed E-state index contributed by atoms with van der Waals surface area (Å²) in [7, 11) is 0. The predicted molar refractivity (Wildman–Crippen MR) is 93.7 cm³/mol. The molecule has 0 heterocycles. The lowest BCUT2D eigenvalue weighted by Gasteiger charge is -2.17. The number of allylic oxidation sites excluding steroid dienone is 1. The van der Waals surface area contributed by atoms with E-state index >= 15 is 0 Å². The maximum atomic E-state index is 4.52. The summed E-state index contributed by atoms with van der Waals surface area (Å²) >= 11 is 0. The molecule has 0 N–H and O–H groups in total. The van der Waals surface area contributed by atoms with Crippen LogP contribution in [0.5, 0.6) is 0 Å². The first kappa shape index (κ1) is 19.4. The quantitative estimate of drug-likeness (QED) is 0.272. The maximum absolute atomic E-state index is 4.52. The molecule has 0 aliphatic heterocycles. The van der Waals surface area contributed by atoms with Gasteiger partial charge in [-0.3, -0.25) is 4.99 Å². The van der Waals surface area contributed by atoms with Crippen LogP contribution in [0.2, 0.25) is 0 Å². The Kier molecular flexibility index (Phi) is 13.0. The van der Waals surface area contributed by atoms with Crippen molar-refractivity contribution in [3.8, 4) is 0 Å². The Morgan fingerprint density at radius 3 is 2.15 bits per heavy atom. The second kappa shape index (κ2) is 13.4. The summed E-state index contributed by atoms with van der Waals surface area (Å²) in [5.41, 5.74) is 1.26. The van der Waals surface area contributed by atoms with Crippen LogP contribution in [0.4, 0.5) is 0 Å². The van der Waals surface area contributed by atoms with Gasteiger partial charge in [0.25, 0.3) is 0 Å². The van der Waals surface area contributed by atoms with Gasteiger partial charge in [0.1, 0.15) is 0 Å². The van der Waals surface area contributed by atoms with E-state index in [1.165, 1.54) is 63.4 Å². The molecule has 0 aromatic heterocycles. The van der Waals surface area contributed by atoms with Crippen LogP contribution in [0, 0.1) is 11.8 Å². The Bertz CT molecular complexity index is 252. The fourth-order valence-electron chi connectivity index (χ4n) is 2.45. The number of nitrogens with zero attached hydrogens (tertiary/aromatic N) is 1. The number of hydrogen-bond acceptors (Lipinski definition) is 1. The SMILES string of the molecule is C=C(C=NCCCC)C(CCCC)CCCCC(C)C. The molecule has 20 heavy (non-hydrogen) atoms. The summed E-state index contributed by atoms with van der Waals surface area (Å²) in [4.78, 5) is 4.52. The average Bonchev–Trinajstić information content (AvgIpc) is 2.42. The molecular weight excluding hydrogens is 242 g/mol. The second-order valence-electron chi connectivity index (χ2n) is 6.48. The molecule has 1 heteroatoms. The lowest BCUT2D eigenvalue weighted by molar-refractivity contribution is 0.455. The van der Waals surface area contributed by atoms with Gasteiger partial charge in [0.05, 0.1) is 0 Å². The van der Waals surface area contributed by atoms with E-state index in [2.05, 4.69) is 45.5 Å². The van der Waals surface area contributed by atoms with E-state index < -0.39 is 0 Å². The zero-order valence-electron chi connectivity index (χ0n) is 14.5. The molecule has 1 atom stereocenters. The summed E-state index contributed by atoms with van der Waals surface area (Å²) in [6, 6.07) is 0. The molecule has 0 aliphatic carbocycles. The van der Waals surface area contributed by atoms with Crippen molar-refractivity contribution in [3.05, 3.63) is 12.2 Å². The lowest BCUT2D eigenvalue weighted by Crippen LogP contribution is -2.06. The van der Waals surface area contributed by atoms with Crippen molar-refractivity contribution in [1.82, 2.24) is 0 Å². The fourth-order valence-corrected chi connectivity index (χ4v) is 2.45. The van der Waals surface area contributed by atoms with Crippen LogP contribution in [0.3, 0.4) is 0 Å². The number of hydrogen-bond donors (Lipinski definition) is 0. The van der Waals surface area contributed by atoms with Gasteiger partial charge in [0.15, 0.2) is 0 Å². The highest BCUT2D eigenvalue weighted by atomic mass is 14.7. The highest BCUT2D eigenvalue weighted by molar-refractivity contribution is 5.78. The average molecular weight is 280 g/mol. The highest BCUT2D eigenvalue weighted by Gasteiger charge is 2.10. The molecule has 0 aromatic carbocycles. The lowest BCUT2D eigenvalue weighted by atomic mass is 9.89. The molecule has 0 bridgehead atoms. The normalized spacial score (nSPS) is 13.2. The monoisotopic (exact) mass is 279 g/mol. The first-order valence-electron chi connectivity index (χ1n) is 8.80. The second-order valence-corrected chi connectivity index (χ2v) is 6.48. The van der Waals surface area contributed by atoms with Crippen LogP contribution in [0.1, 0.15) is 85.5 Å². The molecule has 0 saturated carbocycles. The van der Waals surface area contributed by atoms with Crippen molar-refractivity contribution in [1.29, 1.82) is 0 Å². The van der Waals surface area contributed by atoms with E-state index in [4.69, 9.17) is 0 Å². The van der Waals surface area contributed by atoms with E-state index in [0.717, 1.165) is 12.5 Å². The molecule has 0 spiro atoms. The first-order chi connectivity index (χ1) is 9.61. The van der Waals surface area contributed by atoms with Crippen molar-refractivity contribution in [3.63, 3.8) is 0 Å². The van der Waals surface area contributed by atoms with Gasteiger partial charge in [-0.05, 0) is 36.7 Å². The fraction of sp³-hybridized carbons (Fsp3) is 0.842. The summed E-state index contributed by atoms with van der Waals surface area (Å²) in [5, 5.41) is 0. The molecule has 0 aromatic rings. The van der Waals surface area contributed by atoms with Gasteiger partial charge in [-0.2, -0.15) is 0 Å².